The zero-order valence-electron chi connectivity index (χ0n) is 16.5. The van der Waals surface area contributed by atoms with Gasteiger partial charge in [-0.25, -0.2) is 0 Å². The molecule has 0 amide bonds. The molecule has 0 rings (SSSR count). The first kappa shape index (κ1) is 28.7. The monoisotopic (exact) mass is 496 g/mol. The van der Waals surface area contributed by atoms with Crippen molar-refractivity contribution < 1.29 is 19.8 Å². The van der Waals surface area contributed by atoms with Gasteiger partial charge in [0.15, 0.2) is 5.92 Å². The van der Waals surface area contributed by atoms with E-state index in [0.717, 1.165) is 32.1 Å². The summed E-state index contributed by atoms with van der Waals surface area (Å²) in [4.78, 5) is 22.2. The molecule has 2 N–H and O–H groups in total. The van der Waals surface area contributed by atoms with Crippen LogP contribution in [0.3, 0.4) is 0 Å². The van der Waals surface area contributed by atoms with Crippen LogP contribution in [0.25, 0.3) is 0 Å². The minimum atomic E-state index is -1.25. The first-order valence-electron chi connectivity index (χ1n) is 10.5. The number of hydrogen-bond acceptors (Lipinski definition) is 2. The molecule has 0 saturated heterocycles. The molecule has 0 aromatic carbocycles. The molecule has 0 aromatic heterocycles. The molecule has 0 spiro atoms. The minimum absolute atomic E-state index is 0. The molecule has 0 fully saturated rings. The molecule has 152 valence electrons. The summed E-state index contributed by atoms with van der Waals surface area (Å²) in [6.45, 7) is 4.35. The van der Waals surface area contributed by atoms with E-state index in [1.54, 1.807) is 0 Å². The van der Waals surface area contributed by atoms with Gasteiger partial charge in [0, 0.05) is 0 Å². The van der Waals surface area contributed by atoms with Crippen LogP contribution in [0.2, 0.25) is 0 Å². The van der Waals surface area contributed by atoms with E-state index in [1.165, 1.54) is 57.8 Å². The summed E-state index contributed by atoms with van der Waals surface area (Å²) in [5.41, 5.74) is 0. The van der Waals surface area contributed by atoms with Crippen LogP contribution < -0.4 is 0 Å². The molecule has 0 aliphatic heterocycles. The van der Waals surface area contributed by atoms with Crippen LogP contribution in [0.4, 0.5) is 0 Å². The Hall–Kier alpha value is 0.511. The van der Waals surface area contributed by atoms with Gasteiger partial charge in [-0.05, 0) is 12.3 Å². The number of rotatable bonds is 18. The Morgan fingerprint density at radius 2 is 1.04 bits per heavy atom. The second-order valence-electron chi connectivity index (χ2n) is 7.44. The van der Waals surface area contributed by atoms with E-state index in [0.29, 0.717) is 0 Å². The predicted octanol–water partition coefficient (Wildman–Crippen LogP) is 5.36. The Labute approximate surface area is 201 Å². The average Bonchev–Trinajstić information content (AvgIpc) is 2.57. The van der Waals surface area contributed by atoms with E-state index in [9.17, 15) is 9.59 Å². The third kappa shape index (κ3) is 16.7. The van der Waals surface area contributed by atoms with Crippen LogP contribution in [-0.2, 0) is 9.59 Å². The van der Waals surface area contributed by atoms with E-state index >= 15 is 0 Å². The molecule has 0 saturated carbocycles. The number of carboxylic acids is 2. The quantitative estimate of drug-likeness (QED) is 0.152. The summed E-state index contributed by atoms with van der Waals surface area (Å²) >= 11 is 0. The normalized spacial score (nSPS) is 12.0. The van der Waals surface area contributed by atoms with E-state index in [-0.39, 0.29) is 61.2 Å². The van der Waals surface area contributed by atoms with Crippen molar-refractivity contribution in [2.45, 2.75) is 110 Å². The molecule has 1 atom stereocenters. The topological polar surface area (TPSA) is 74.6 Å². The molecule has 5 heteroatoms. The summed E-state index contributed by atoms with van der Waals surface area (Å²) in [6.07, 6.45) is 17.2. The van der Waals surface area contributed by atoms with Crippen LogP contribution in [-0.4, -0.2) is 71.0 Å². The average molecular weight is 496 g/mol. The summed E-state index contributed by atoms with van der Waals surface area (Å²) in [5.74, 6) is -3.41. The van der Waals surface area contributed by atoms with Gasteiger partial charge in [-0.3, -0.25) is 9.59 Å². The van der Waals surface area contributed by atoms with Crippen molar-refractivity contribution in [1.82, 2.24) is 0 Å². The van der Waals surface area contributed by atoms with Crippen molar-refractivity contribution in [3.8, 4) is 0 Å². The van der Waals surface area contributed by atoms with Gasteiger partial charge < -0.3 is 10.2 Å². The maximum absolute atomic E-state index is 11.1. The summed E-state index contributed by atoms with van der Waals surface area (Å²) in [6, 6.07) is 0. The summed E-state index contributed by atoms with van der Waals surface area (Å²) < 4.78 is 0. The predicted molar refractivity (Wildman–Crippen MR) is 111 cm³/mol. The van der Waals surface area contributed by atoms with Gasteiger partial charge in [0.1, 0.15) is 0 Å². The van der Waals surface area contributed by atoms with Crippen LogP contribution in [0.15, 0.2) is 0 Å². The third-order valence-corrected chi connectivity index (χ3v) is 5.10. The van der Waals surface area contributed by atoms with Crippen molar-refractivity contribution in [3.05, 3.63) is 0 Å². The fourth-order valence-electron chi connectivity index (χ4n) is 3.43. The molecule has 0 heterocycles. The standard InChI is InChI=1S/C21H40O4.Ba.2H/c1-3-5-7-8-9-10-11-12-13-14-16-18(15-6-4-2)17-19(20(22)23)21(24)25;;;/h18-19H,3-17H2,1-2H3,(H,22,23)(H,24,25);;;. The van der Waals surface area contributed by atoms with Gasteiger partial charge >= 0.3 is 60.8 Å². The van der Waals surface area contributed by atoms with E-state index in [4.69, 9.17) is 10.2 Å². The molecular formula is C21H42BaO4. The van der Waals surface area contributed by atoms with Crippen molar-refractivity contribution in [2.24, 2.45) is 11.8 Å². The molecule has 26 heavy (non-hydrogen) atoms. The molecule has 0 radical (unpaired) electrons. The van der Waals surface area contributed by atoms with Crippen LogP contribution in [0.1, 0.15) is 110 Å². The zero-order valence-corrected chi connectivity index (χ0v) is 16.5. The van der Waals surface area contributed by atoms with Gasteiger partial charge in [-0.1, -0.05) is 104 Å². The number of carbonyl (C=O) groups is 2. The van der Waals surface area contributed by atoms with Crippen molar-refractivity contribution in [3.63, 3.8) is 0 Å². The number of carboxylic acid groups (broad SMARTS) is 2. The Balaban J connectivity index is 0. The first-order valence-corrected chi connectivity index (χ1v) is 10.5. The Morgan fingerprint density at radius 3 is 1.46 bits per heavy atom. The second-order valence-corrected chi connectivity index (χ2v) is 7.44. The fraction of sp³-hybridized carbons (Fsp3) is 0.905. The first-order chi connectivity index (χ1) is 12.0. The van der Waals surface area contributed by atoms with Gasteiger partial charge in [0.05, 0.1) is 0 Å². The van der Waals surface area contributed by atoms with E-state index in [1.807, 2.05) is 0 Å². The van der Waals surface area contributed by atoms with Crippen LogP contribution in [0, 0.1) is 11.8 Å². The number of unbranched alkanes of at least 4 members (excludes halogenated alkanes) is 10. The maximum atomic E-state index is 11.1. The molecular weight excluding hydrogens is 454 g/mol. The fourth-order valence-corrected chi connectivity index (χ4v) is 3.43. The van der Waals surface area contributed by atoms with Crippen molar-refractivity contribution in [1.29, 1.82) is 0 Å². The van der Waals surface area contributed by atoms with Crippen LogP contribution in [0.5, 0.6) is 0 Å². The van der Waals surface area contributed by atoms with Crippen molar-refractivity contribution in [2.75, 3.05) is 0 Å². The van der Waals surface area contributed by atoms with Crippen LogP contribution >= 0.6 is 0 Å². The second kappa shape index (κ2) is 20.3. The molecule has 0 aliphatic carbocycles. The Morgan fingerprint density at radius 1 is 0.654 bits per heavy atom. The van der Waals surface area contributed by atoms with Gasteiger partial charge in [0.25, 0.3) is 0 Å². The van der Waals surface area contributed by atoms with Crippen molar-refractivity contribution >= 4 is 60.8 Å². The Bertz CT molecular complexity index is 333. The molecule has 4 nitrogen and oxygen atoms in total. The molecule has 0 aliphatic rings. The SMILES string of the molecule is CCCCCCCCCCCCC(CCCC)CC(C(=O)O)C(=O)O.[BaH2]. The summed E-state index contributed by atoms with van der Waals surface area (Å²) in [7, 11) is 0. The third-order valence-electron chi connectivity index (χ3n) is 5.10. The number of aliphatic carboxylic acids is 2. The van der Waals surface area contributed by atoms with E-state index in [2.05, 4.69) is 13.8 Å². The number of hydrogen-bond donors (Lipinski definition) is 2. The van der Waals surface area contributed by atoms with E-state index < -0.39 is 17.9 Å². The molecule has 1 unspecified atom stereocenters. The molecule has 0 bridgehead atoms. The van der Waals surface area contributed by atoms with Gasteiger partial charge in [0.2, 0.25) is 0 Å². The molecule has 0 aromatic rings. The Kier molecular flexibility index (Phi) is 22.4. The zero-order chi connectivity index (χ0) is 18.9. The summed E-state index contributed by atoms with van der Waals surface area (Å²) in [5, 5.41) is 18.2. The van der Waals surface area contributed by atoms with Gasteiger partial charge in [-0.2, -0.15) is 0 Å². The van der Waals surface area contributed by atoms with Gasteiger partial charge in [-0.15, -0.1) is 0 Å².